The van der Waals surface area contributed by atoms with E-state index in [2.05, 4.69) is 31.4 Å². The van der Waals surface area contributed by atoms with E-state index < -0.39 is 24.1 Å². The second-order valence-corrected chi connectivity index (χ2v) is 11.0. The summed E-state index contributed by atoms with van der Waals surface area (Å²) in [6, 6.07) is 17.0. The number of nitrogens with one attached hydrogen (secondary N) is 2. The highest BCUT2D eigenvalue weighted by Gasteiger charge is 2.42. The first-order valence-corrected chi connectivity index (χ1v) is 13.3. The van der Waals surface area contributed by atoms with Crippen molar-refractivity contribution in [2.24, 2.45) is 10.8 Å². The Hall–Kier alpha value is -4.08. The van der Waals surface area contributed by atoms with Gasteiger partial charge in [0, 0.05) is 12.6 Å². The van der Waals surface area contributed by atoms with Crippen LogP contribution >= 0.6 is 0 Å². The molecule has 0 spiro atoms. The van der Waals surface area contributed by atoms with E-state index in [9.17, 15) is 19.2 Å². The molecule has 3 rings (SSSR count). The average Bonchev–Trinajstić information content (AvgIpc) is 2.92. The lowest BCUT2D eigenvalue weighted by Crippen LogP contribution is -2.50. The van der Waals surface area contributed by atoms with Gasteiger partial charge in [-0.15, -0.1) is 0 Å². The van der Waals surface area contributed by atoms with E-state index >= 15 is 0 Å². The van der Waals surface area contributed by atoms with E-state index in [1.165, 1.54) is 0 Å². The second kappa shape index (κ2) is 14.3. The third kappa shape index (κ3) is 10.2. The van der Waals surface area contributed by atoms with Crippen LogP contribution in [0.4, 0.5) is 9.59 Å². The quantitative estimate of drug-likeness (QED) is 0.232. The number of carbonyl (C=O) groups excluding carboxylic acids is 4. The van der Waals surface area contributed by atoms with Crippen molar-refractivity contribution in [2.45, 2.75) is 46.1 Å². The summed E-state index contributed by atoms with van der Waals surface area (Å²) in [7, 11) is 0. The van der Waals surface area contributed by atoms with Gasteiger partial charge in [-0.05, 0) is 54.4 Å². The lowest BCUT2D eigenvalue weighted by Gasteiger charge is -2.46. The van der Waals surface area contributed by atoms with Crippen molar-refractivity contribution in [3.8, 4) is 0 Å². The summed E-state index contributed by atoms with van der Waals surface area (Å²) >= 11 is 0. The standard InChI is InChI=1S/C30H38N2O8/c1-29(2)18-24(32-28(36)40-17-15-38-26(34)23-12-8-5-9-13-23)19-30(3,20-29)21-31-27(35)39-16-14-37-25(33)22-10-6-4-7-11-22/h4-13,24H,14-21H2,1-3H3,(H,31,35)(H,32,36). The van der Waals surface area contributed by atoms with E-state index in [4.69, 9.17) is 18.9 Å². The van der Waals surface area contributed by atoms with Gasteiger partial charge in [0.15, 0.2) is 0 Å². The highest BCUT2D eigenvalue weighted by atomic mass is 16.6. The van der Waals surface area contributed by atoms with Crippen molar-refractivity contribution in [1.82, 2.24) is 10.6 Å². The smallest absolute Gasteiger partial charge is 0.407 e. The van der Waals surface area contributed by atoms with Crippen LogP contribution in [0, 0.1) is 10.8 Å². The molecule has 0 heterocycles. The number of alkyl carbamates (subject to hydrolysis) is 2. The van der Waals surface area contributed by atoms with Gasteiger partial charge in [-0.1, -0.05) is 57.2 Å². The number of carbonyl (C=O) groups is 4. The normalized spacial score (nSPS) is 19.5. The van der Waals surface area contributed by atoms with Gasteiger partial charge in [0.05, 0.1) is 11.1 Å². The van der Waals surface area contributed by atoms with Crippen LogP contribution in [-0.4, -0.2) is 63.1 Å². The number of hydrogen-bond acceptors (Lipinski definition) is 8. The fraction of sp³-hybridized carbons (Fsp3) is 0.467. The Labute approximate surface area is 234 Å². The molecule has 0 aromatic heterocycles. The molecule has 2 aromatic carbocycles. The SMILES string of the molecule is CC1(C)CC(NC(=O)OCCOC(=O)c2ccccc2)CC(C)(CNC(=O)OCCOC(=O)c2ccccc2)C1. The molecule has 0 aliphatic heterocycles. The zero-order chi connectivity index (χ0) is 29.0. The number of esters is 2. The van der Waals surface area contributed by atoms with Crippen LogP contribution in [0.15, 0.2) is 60.7 Å². The first-order valence-electron chi connectivity index (χ1n) is 13.3. The molecule has 0 bridgehead atoms. The lowest BCUT2D eigenvalue weighted by molar-refractivity contribution is 0.0356. The predicted octanol–water partition coefficient (Wildman–Crippen LogP) is 4.74. The summed E-state index contributed by atoms with van der Waals surface area (Å²) < 4.78 is 20.6. The van der Waals surface area contributed by atoms with Crippen LogP contribution in [0.25, 0.3) is 0 Å². The maximum atomic E-state index is 12.4. The molecule has 2 atom stereocenters. The molecule has 10 nitrogen and oxygen atoms in total. The van der Waals surface area contributed by atoms with Crippen molar-refractivity contribution < 1.29 is 38.1 Å². The van der Waals surface area contributed by atoms with E-state index in [-0.39, 0.29) is 43.3 Å². The molecule has 40 heavy (non-hydrogen) atoms. The van der Waals surface area contributed by atoms with Gasteiger partial charge in [-0.25, -0.2) is 19.2 Å². The molecule has 2 aromatic rings. The molecule has 1 fully saturated rings. The number of hydrogen-bond donors (Lipinski definition) is 2. The first-order chi connectivity index (χ1) is 19.1. The number of rotatable bonds is 11. The zero-order valence-electron chi connectivity index (χ0n) is 23.3. The molecule has 2 N–H and O–H groups in total. The van der Waals surface area contributed by atoms with Gasteiger partial charge in [0.25, 0.3) is 0 Å². The van der Waals surface area contributed by atoms with Crippen LogP contribution in [-0.2, 0) is 18.9 Å². The number of benzene rings is 2. The Balaban J connectivity index is 1.36. The van der Waals surface area contributed by atoms with Gasteiger partial charge in [-0.2, -0.15) is 0 Å². The molecule has 1 saturated carbocycles. The zero-order valence-corrected chi connectivity index (χ0v) is 23.3. The van der Waals surface area contributed by atoms with Crippen molar-refractivity contribution >= 4 is 24.1 Å². The van der Waals surface area contributed by atoms with E-state index in [1.807, 2.05) is 0 Å². The molecule has 216 valence electrons. The monoisotopic (exact) mass is 554 g/mol. The fourth-order valence-corrected chi connectivity index (χ4v) is 5.27. The summed E-state index contributed by atoms with van der Waals surface area (Å²) in [5.41, 5.74) is 0.467. The number of amides is 2. The summed E-state index contributed by atoms with van der Waals surface area (Å²) in [5, 5.41) is 5.71. The minimum absolute atomic E-state index is 0.0491. The summed E-state index contributed by atoms with van der Waals surface area (Å²) in [6.07, 6.45) is 1.02. The predicted molar refractivity (Wildman–Crippen MR) is 147 cm³/mol. The Kier molecular flexibility index (Phi) is 10.9. The molecular formula is C30H38N2O8. The van der Waals surface area contributed by atoms with Crippen LogP contribution in [0.1, 0.15) is 60.7 Å². The molecule has 1 aliphatic rings. The van der Waals surface area contributed by atoms with Gasteiger partial charge in [-0.3, -0.25) is 0 Å². The Bertz CT molecular complexity index is 1140. The third-order valence-electron chi connectivity index (χ3n) is 6.54. The van der Waals surface area contributed by atoms with Gasteiger partial charge >= 0.3 is 24.1 Å². The first kappa shape index (κ1) is 30.5. The molecule has 2 unspecified atom stereocenters. The molecule has 0 saturated heterocycles. The van der Waals surface area contributed by atoms with Crippen LogP contribution < -0.4 is 10.6 Å². The molecule has 0 radical (unpaired) electrons. The molecule has 1 aliphatic carbocycles. The van der Waals surface area contributed by atoms with Crippen LogP contribution in [0.2, 0.25) is 0 Å². The van der Waals surface area contributed by atoms with Gasteiger partial charge in [0.2, 0.25) is 0 Å². The fourth-order valence-electron chi connectivity index (χ4n) is 5.27. The molecule has 2 amide bonds. The largest absolute Gasteiger partial charge is 0.458 e. The molecule has 10 heteroatoms. The summed E-state index contributed by atoms with van der Waals surface area (Å²) in [5.74, 6) is -0.958. The number of ether oxygens (including phenoxy) is 4. The van der Waals surface area contributed by atoms with Gasteiger partial charge in [0.1, 0.15) is 26.4 Å². The lowest BCUT2D eigenvalue weighted by atomic mass is 9.62. The van der Waals surface area contributed by atoms with Crippen LogP contribution in [0.3, 0.4) is 0 Å². The maximum absolute atomic E-state index is 12.4. The van der Waals surface area contributed by atoms with Crippen molar-refractivity contribution in [3.05, 3.63) is 71.8 Å². The minimum atomic E-state index is -0.602. The van der Waals surface area contributed by atoms with E-state index in [1.54, 1.807) is 60.7 Å². The Morgan fingerprint density at radius 2 is 1.18 bits per heavy atom. The third-order valence-corrected chi connectivity index (χ3v) is 6.54. The summed E-state index contributed by atoms with van der Waals surface area (Å²) in [4.78, 5) is 48.6. The summed E-state index contributed by atoms with van der Waals surface area (Å²) in [6.45, 7) is 6.41. The van der Waals surface area contributed by atoms with Crippen molar-refractivity contribution in [3.63, 3.8) is 0 Å². The average molecular weight is 555 g/mol. The molecular weight excluding hydrogens is 516 g/mol. The van der Waals surface area contributed by atoms with E-state index in [0.717, 1.165) is 12.8 Å². The maximum Gasteiger partial charge on any atom is 0.407 e. The second-order valence-electron chi connectivity index (χ2n) is 11.0. The topological polar surface area (TPSA) is 129 Å². The Morgan fingerprint density at radius 1 is 0.700 bits per heavy atom. The van der Waals surface area contributed by atoms with Crippen LogP contribution in [0.5, 0.6) is 0 Å². The minimum Gasteiger partial charge on any atom is -0.458 e. The van der Waals surface area contributed by atoms with Crippen molar-refractivity contribution in [1.29, 1.82) is 0 Å². The Morgan fingerprint density at radius 3 is 1.70 bits per heavy atom. The van der Waals surface area contributed by atoms with Crippen molar-refractivity contribution in [2.75, 3.05) is 33.0 Å². The van der Waals surface area contributed by atoms with E-state index in [0.29, 0.717) is 24.1 Å². The highest BCUT2D eigenvalue weighted by molar-refractivity contribution is 5.89. The highest BCUT2D eigenvalue weighted by Crippen LogP contribution is 2.45. The van der Waals surface area contributed by atoms with Gasteiger partial charge < -0.3 is 29.6 Å².